The first-order chi connectivity index (χ1) is 7.71. The maximum absolute atomic E-state index is 12.7. The van der Waals surface area contributed by atoms with Crippen LogP contribution in [0.15, 0.2) is 22.7 Å². The van der Waals surface area contributed by atoms with Gasteiger partial charge in [0.05, 0.1) is 17.4 Å². The maximum Gasteiger partial charge on any atom is 0.396 e. The first kappa shape index (κ1) is 14.3. The van der Waals surface area contributed by atoms with Crippen LogP contribution in [0.3, 0.4) is 0 Å². The lowest BCUT2D eigenvalue weighted by Gasteiger charge is -2.19. The van der Waals surface area contributed by atoms with E-state index in [-0.39, 0.29) is 10.6 Å². The molecule has 0 radical (unpaired) electrons. The van der Waals surface area contributed by atoms with Crippen molar-refractivity contribution in [2.24, 2.45) is 0 Å². The highest BCUT2D eigenvalue weighted by Gasteiger charge is 2.42. The topological polar surface area (TPSA) is 37.3 Å². The Balaban J connectivity index is 3.13. The zero-order valence-corrected chi connectivity index (χ0v) is 10.6. The molecule has 1 aromatic rings. The average Bonchev–Trinajstić information content (AvgIpc) is 2.17. The van der Waals surface area contributed by atoms with E-state index in [1.54, 1.807) is 0 Å². The van der Waals surface area contributed by atoms with Gasteiger partial charge in [-0.15, -0.1) is 0 Å². The molecular weight excluding hydrogens is 324 g/mol. The standard InChI is InChI=1S/C10H7BrClF3O2/c11-7-3-5(1-2-8(7)12)6(4-9(16)17)10(13,14)15/h1-3,6H,4H2,(H,16,17). The van der Waals surface area contributed by atoms with Crippen LogP contribution in [-0.2, 0) is 4.79 Å². The van der Waals surface area contributed by atoms with Gasteiger partial charge in [-0.2, -0.15) is 13.2 Å². The van der Waals surface area contributed by atoms with Crippen molar-refractivity contribution in [3.63, 3.8) is 0 Å². The van der Waals surface area contributed by atoms with Crippen LogP contribution in [-0.4, -0.2) is 17.3 Å². The largest absolute Gasteiger partial charge is 0.481 e. The van der Waals surface area contributed by atoms with Crippen molar-refractivity contribution in [1.82, 2.24) is 0 Å². The van der Waals surface area contributed by atoms with Crippen LogP contribution in [0, 0.1) is 0 Å². The Kier molecular flexibility index (Phi) is 4.43. The minimum Gasteiger partial charge on any atom is -0.481 e. The zero-order chi connectivity index (χ0) is 13.2. The van der Waals surface area contributed by atoms with E-state index >= 15 is 0 Å². The van der Waals surface area contributed by atoms with Gasteiger partial charge in [0, 0.05) is 4.47 Å². The minimum absolute atomic E-state index is 0.129. The summed E-state index contributed by atoms with van der Waals surface area (Å²) in [5.41, 5.74) is -0.129. The SMILES string of the molecule is O=C(O)CC(c1ccc(Cl)c(Br)c1)C(F)(F)F. The molecule has 0 bridgehead atoms. The number of hydrogen-bond donors (Lipinski definition) is 1. The van der Waals surface area contributed by atoms with E-state index in [0.29, 0.717) is 4.47 Å². The quantitative estimate of drug-likeness (QED) is 0.900. The molecule has 0 aromatic heterocycles. The highest BCUT2D eigenvalue weighted by molar-refractivity contribution is 9.10. The van der Waals surface area contributed by atoms with E-state index in [9.17, 15) is 18.0 Å². The smallest absolute Gasteiger partial charge is 0.396 e. The van der Waals surface area contributed by atoms with Crippen LogP contribution >= 0.6 is 27.5 Å². The molecule has 0 saturated carbocycles. The van der Waals surface area contributed by atoms with E-state index in [2.05, 4.69) is 15.9 Å². The Hall–Kier alpha value is -0.750. The van der Waals surface area contributed by atoms with Crippen molar-refractivity contribution in [2.45, 2.75) is 18.5 Å². The number of benzene rings is 1. The van der Waals surface area contributed by atoms with E-state index in [0.717, 1.165) is 0 Å². The summed E-state index contributed by atoms with van der Waals surface area (Å²) < 4.78 is 38.4. The first-order valence-corrected chi connectivity index (χ1v) is 5.62. The monoisotopic (exact) mass is 330 g/mol. The molecule has 0 aliphatic carbocycles. The molecular formula is C10H7BrClF3O2. The zero-order valence-electron chi connectivity index (χ0n) is 8.26. The van der Waals surface area contributed by atoms with Gasteiger partial charge in [0.1, 0.15) is 0 Å². The number of carbonyl (C=O) groups is 1. The molecule has 1 unspecified atom stereocenters. The van der Waals surface area contributed by atoms with Crippen molar-refractivity contribution in [2.75, 3.05) is 0 Å². The molecule has 0 aliphatic rings. The lowest BCUT2D eigenvalue weighted by Crippen LogP contribution is -2.23. The second-order valence-electron chi connectivity index (χ2n) is 3.37. The van der Waals surface area contributed by atoms with Gasteiger partial charge in [0.2, 0.25) is 0 Å². The number of carboxylic acid groups (broad SMARTS) is 1. The number of hydrogen-bond acceptors (Lipinski definition) is 1. The van der Waals surface area contributed by atoms with E-state index in [1.165, 1.54) is 18.2 Å². The van der Waals surface area contributed by atoms with E-state index in [4.69, 9.17) is 16.7 Å². The molecule has 1 atom stereocenters. The Morgan fingerprint density at radius 3 is 2.47 bits per heavy atom. The van der Waals surface area contributed by atoms with Crippen molar-refractivity contribution in [3.05, 3.63) is 33.3 Å². The molecule has 94 valence electrons. The summed E-state index contributed by atoms with van der Waals surface area (Å²) >= 11 is 8.66. The Labute approximate surface area is 109 Å². The first-order valence-electron chi connectivity index (χ1n) is 4.45. The molecule has 0 aliphatic heterocycles. The van der Waals surface area contributed by atoms with Gasteiger partial charge in [0.25, 0.3) is 0 Å². The number of rotatable bonds is 3. The van der Waals surface area contributed by atoms with Crippen molar-refractivity contribution < 1.29 is 23.1 Å². The lowest BCUT2D eigenvalue weighted by molar-refractivity contribution is -0.163. The Morgan fingerprint density at radius 1 is 1.47 bits per heavy atom. The number of aliphatic carboxylic acids is 1. The van der Waals surface area contributed by atoms with E-state index in [1.807, 2.05) is 0 Å². The van der Waals surface area contributed by atoms with Gasteiger partial charge in [0.15, 0.2) is 0 Å². The van der Waals surface area contributed by atoms with Crippen LogP contribution in [0.25, 0.3) is 0 Å². The molecule has 0 spiro atoms. The summed E-state index contributed by atoms with van der Waals surface area (Å²) in [6.07, 6.45) is -5.61. The highest BCUT2D eigenvalue weighted by Crippen LogP contribution is 2.39. The van der Waals surface area contributed by atoms with Gasteiger partial charge in [-0.3, -0.25) is 4.79 Å². The molecule has 7 heteroatoms. The molecule has 0 heterocycles. The summed E-state index contributed by atoms with van der Waals surface area (Å²) in [6, 6.07) is 3.65. The maximum atomic E-state index is 12.7. The van der Waals surface area contributed by atoms with Gasteiger partial charge in [-0.1, -0.05) is 17.7 Å². The fraction of sp³-hybridized carbons (Fsp3) is 0.300. The molecule has 0 saturated heterocycles. The third kappa shape index (κ3) is 3.89. The Bertz CT molecular complexity index is 434. The van der Waals surface area contributed by atoms with Gasteiger partial charge in [-0.05, 0) is 33.6 Å². The summed E-state index contributed by atoms with van der Waals surface area (Å²) in [6.45, 7) is 0. The molecule has 0 amide bonds. The number of halogens is 5. The van der Waals surface area contributed by atoms with Crippen molar-refractivity contribution >= 4 is 33.5 Å². The molecule has 1 rings (SSSR count). The molecule has 17 heavy (non-hydrogen) atoms. The van der Waals surface area contributed by atoms with Gasteiger partial charge in [-0.25, -0.2) is 0 Å². The van der Waals surface area contributed by atoms with Crippen LogP contribution in [0.2, 0.25) is 5.02 Å². The fourth-order valence-electron chi connectivity index (χ4n) is 1.33. The molecule has 2 nitrogen and oxygen atoms in total. The van der Waals surface area contributed by atoms with Crippen LogP contribution in [0.1, 0.15) is 17.9 Å². The predicted octanol–water partition coefficient (Wildman–Crippen LogP) is 4.22. The van der Waals surface area contributed by atoms with Gasteiger partial charge >= 0.3 is 12.1 Å². The number of alkyl halides is 3. The third-order valence-corrected chi connectivity index (χ3v) is 3.33. The average molecular weight is 332 g/mol. The van der Waals surface area contributed by atoms with Crippen LogP contribution in [0.5, 0.6) is 0 Å². The molecule has 1 aromatic carbocycles. The van der Waals surface area contributed by atoms with Gasteiger partial charge < -0.3 is 5.11 Å². The second kappa shape index (κ2) is 5.27. The summed E-state index contributed by atoms with van der Waals surface area (Å²) in [4.78, 5) is 10.4. The Morgan fingerprint density at radius 2 is 2.06 bits per heavy atom. The number of carboxylic acids is 1. The normalized spacial score (nSPS) is 13.5. The van der Waals surface area contributed by atoms with Crippen LogP contribution in [0.4, 0.5) is 13.2 Å². The van der Waals surface area contributed by atoms with Crippen molar-refractivity contribution in [1.29, 1.82) is 0 Å². The lowest BCUT2D eigenvalue weighted by atomic mass is 9.95. The molecule has 0 fully saturated rings. The minimum atomic E-state index is -4.61. The summed E-state index contributed by atoms with van der Waals surface area (Å²) in [7, 11) is 0. The highest BCUT2D eigenvalue weighted by atomic mass is 79.9. The predicted molar refractivity (Wildman–Crippen MR) is 60.2 cm³/mol. The van der Waals surface area contributed by atoms with Crippen LogP contribution < -0.4 is 0 Å². The summed E-state index contributed by atoms with van der Waals surface area (Å²) in [5, 5.41) is 8.76. The third-order valence-electron chi connectivity index (χ3n) is 2.12. The summed E-state index contributed by atoms with van der Waals surface area (Å²) in [5.74, 6) is -3.54. The van der Waals surface area contributed by atoms with E-state index < -0.39 is 24.5 Å². The molecule has 1 N–H and O–H groups in total. The van der Waals surface area contributed by atoms with Crippen molar-refractivity contribution in [3.8, 4) is 0 Å². The second-order valence-corrected chi connectivity index (χ2v) is 4.63. The fourth-order valence-corrected chi connectivity index (χ4v) is 1.84.